The van der Waals surface area contributed by atoms with E-state index in [-0.39, 0.29) is 17.1 Å². The van der Waals surface area contributed by atoms with Crippen molar-refractivity contribution in [3.8, 4) is 0 Å². The minimum atomic E-state index is -0.480. The quantitative estimate of drug-likeness (QED) is 0.638. The third kappa shape index (κ3) is 2.40. The summed E-state index contributed by atoms with van der Waals surface area (Å²) in [6, 6.07) is 10.9. The molecule has 0 saturated heterocycles. The van der Waals surface area contributed by atoms with Crippen molar-refractivity contribution in [2.45, 2.75) is 0 Å². The summed E-state index contributed by atoms with van der Waals surface area (Å²) in [6.07, 6.45) is 0. The van der Waals surface area contributed by atoms with Gasteiger partial charge in [0.1, 0.15) is 0 Å². The Balaban J connectivity index is 1.89. The van der Waals surface area contributed by atoms with Crippen molar-refractivity contribution >= 4 is 40.8 Å². The Morgan fingerprint density at radius 3 is 2.14 bits per heavy atom. The summed E-state index contributed by atoms with van der Waals surface area (Å²) in [7, 11) is 0. The van der Waals surface area contributed by atoms with Crippen molar-refractivity contribution in [2.75, 3.05) is 6.54 Å². The summed E-state index contributed by atoms with van der Waals surface area (Å²) >= 11 is 11.8. The highest BCUT2D eigenvalue weighted by Crippen LogP contribution is 2.25. The number of hydrogen-bond donors (Lipinski definition) is 0. The number of nitrogens with zero attached hydrogens (tertiary/aromatic N) is 1. The van der Waals surface area contributed by atoms with Crippen molar-refractivity contribution in [1.29, 1.82) is 0 Å². The zero-order valence-electron chi connectivity index (χ0n) is 11.2. The average molecular weight is 334 g/mol. The first-order valence-electron chi connectivity index (χ1n) is 6.42. The van der Waals surface area contributed by atoms with E-state index in [2.05, 4.69) is 0 Å². The summed E-state index contributed by atoms with van der Waals surface area (Å²) in [5.74, 6) is -1.40. The molecule has 2 amide bonds. The standard InChI is InChI=1S/C16H9Cl2NO3/c17-9-5-6-13(18)12(7-9)14(20)8-19-15(21)10-3-1-2-4-11(10)16(19)22/h1-7H,8H2. The molecule has 0 spiro atoms. The van der Waals surface area contributed by atoms with Crippen LogP contribution < -0.4 is 0 Å². The molecule has 0 aliphatic carbocycles. The molecule has 0 atom stereocenters. The van der Waals surface area contributed by atoms with Crippen molar-refractivity contribution in [2.24, 2.45) is 0 Å². The van der Waals surface area contributed by atoms with E-state index in [0.29, 0.717) is 16.1 Å². The van der Waals surface area contributed by atoms with Crippen LogP contribution >= 0.6 is 23.2 Å². The Hall–Kier alpha value is -2.17. The van der Waals surface area contributed by atoms with Crippen molar-refractivity contribution in [1.82, 2.24) is 4.90 Å². The van der Waals surface area contributed by atoms with Crippen LogP contribution in [0.15, 0.2) is 42.5 Å². The zero-order valence-corrected chi connectivity index (χ0v) is 12.7. The van der Waals surface area contributed by atoms with Gasteiger partial charge in [0.05, 0.1) is 22.7 Å². The third-order valence-corrected chi connectivity index (χ3v) is 3.97. The number of imide groups is 1. The second kappa shape index (κ2) is 5.55. The highest BCUT2D eigenvalue weighted by molar-refractivity contribution is 6.36. The number of carbonyl (C=O) groups is 3. The van der Waals surface area contributed by atoms with E-state index < -0.39 is 17.6 Å². The lowest BCUT2D eigenvalue weighted by atomic mass is 10.1. The summed E-state index contributed by atoms with van der Waals surface area (Å²) in [6.45, 7) is -0.369. The summed E-state index contributed by atoms with van der Waals surface area (Å²) in [5.41, 5.74) is 0.792. The zero-order chi connectivity index (χ0) is 15.9. The molecule has 3 rings (SSSR count). The molecule has 0 saturated carbocycles. The maximum atomic E-state index is 12.3. The van der Waals surface area contributed by atoms with Gasteiger partial charge in [0, 0.05) is 10.6 Å². The molecule has 0 bridgehead atoms. The van der Waals surface area contributed by atoms with Gasteiger partial charge in [0.2, 0.25) is 0 Å². The van der Waals surface area contributed by atoms with E-state index in [0.717, 1.165) is 4.90 Å². The van der Waals surface area contributed by atoms with E-state index in [1.807, 2.05) is 0 Å². The predicted molar refractivity (Wildman–Crippen MR) is 82.6 cm³/mol. The fraction of sp³-hybridized carbons (Fsp3) is 0.0625. The Labute approximate surface area is 136 Å². The van der Waals surface area contributed by atoms with Gasteiger partial charge in [0.25, 0.3) is 11.8 Å². The van der Waals surface area contributed by atoms with Crippen LogP contribution in [0.2, 0.25) is 10.0 Å². The SMILES string of the molecule is O=C(CN1C(=O)c2ccccc2C1=O)c1cc(Cl)ccc1Cl. The van der Waals surface area contributed by atoms with Crippen LogP contribution in [0.5, 0.6) is 0 Å². The first-order valence-corrected chi connectivity index (χ1v) is 7.18. The van der Waals surface area contributed by atoms with E-state index in [9.17, 15) is 14.4 Å². The molecule has 1 heterocycles. The minimum absolute atomic E-state index is 0.186. The van der Waals surface area contributed by atoms with E-state index in [4.69, 9.17) is 23.2 Å². The minimum Gasteiger partial charge on any atom is -0.292 e. The Bertz CT molecular complexity index is 782. The molecule has 22 heavy (non-hydrogen) atoms. The first-order chi connectivity index (χ1) is 10.5. The number of benzene rings is 2. The molecule has 0 unspecified atom stereocenters. The molecule has 6 heteroatoms. The van der Waals surface area contributed by atoms with Gasteiger partial charge in [-0.25, -0.2) is 0 Å². The van der Waals surface area contributed by atoms with Crippen LogP contribution in [0.1, 0.15) is 31.1 Å². The maximum Gasteiger partial charge on any atom is 0.261 e. The molecule has 0 aromatic heterocycles. The number of rotatable bonds is 3. The molecule has 2 aromatic carbocycles. The second-order valence-electron chi connectivity index (χ2n) is 4.79. The Morgan fingerprint density at radius 2 is 1.55 bits per heavy atom. The van der Waals surface area contributed by atoms with Gasteiger partial charge < -0.3 is 0 Å². The maximum absolute atomic E-state index is 12.3. The largest absolute Gasteiger partial charge is 0.292 e. The van der Waals surface area contributed by atoms with E-state index in [1.54, 1.807) is 30.3 Å². The number of hydrogen-bond acceptors (Lipinski definition) is 3. The lowest BCUT2D eigenvalue weighted by Gasteiger charge is -2.13. The average Bonchev–Trinajstić information content (AvgIpc) is 2.75. The highest BCUT2D eigenvalue weighted by atomic mass is 35.5. The third-order valence-electron chi connectivity index (χ3n) is 3.41. The van der Waals surface area contributed by atoms with Gasteiger partial charge in [-0.1, -0.05) is 35.3 Å². The number of fused-ring (bicyclic) bond motifs is 1. The number of amides is 2. The fourth-order valence-electron chi connectivity index (χ4n) is 2.32. The van der Waals surface area contributed by atoms with E-state index in [1.165, 1.54) is 12.1 Å². The van der Waals surface area contributed by atoms with Crippen LogP contribution in [0.3, 0.4) is 0 Å². The normalized spacial score (nSPS) is 13.5. The molecule has 0 radical (unpaired) electrons. The van der Waals surface area contributed by atoms with Gasteiger partial charge in [0.15, 0.2) is 5.78 Å². The fourth-order valence-corrected chi connectivity index (χ4v) is 2.72. The molecular formula is C16H9Cl2NO3. The molecular weight excluding hydrogens is 325 g/mol. The van der Waals surface area contributed by atoms with Crippen LogP contribution in [0.4, 0.5) is 0 Å². The Morgan fingerprint density at radius 1 is 0.955 bits per heavy atom. The molecule has 1 aliphatic rings. The van der Waals surface area contributed by atoms with Crippen LogP contribution in [-0.4, -0.2) is 29.0 Å². The molecule has 0 fully saturated rings. The Kier molecular flexibility index (Phi) is 3.72. The van der Waals surface area contributed by atoms with Gasteiger partial charge in [-0.15, -0.1) is 0 Å². The van der Waals surface area contributed by atoms with Crippen LogP contribution in [0, 0.1) is 0 Å². The molecule has 4 nitrogen and oxygen atoms in total. The smallest absolute Gasteiger partial charge is 0.261 e. The summed E-state index contributed by atoms with van der Waals surface area (Å²) < 4.78 is 0. The van der Waals surface area contributed by atoms with Gasteiger partial charge in [-0.05, 0) is 30.3 Å². The van der Waals surface area contributed by atoms with Crippen LogP contribution in [0.25, 0.3) is 0 Å². The number of carbonyl (C=O) groups excluding carboxylic acids is 3. The number of Topliss-reactive ketones (excluding diaryl/α,β-unsaturated/α-hetero) is 1. The van der Waals surface area contributed by atoms with Crippen molar-refractivity contribution < 1.29 is 14.4 Å². The molecule has 110 valence electrons. The van der Waals surface area contributed by atoms with E-state index >= 15 is 0 Å². The van der Waals surface area contributed by atoms with Crippen molar-refractivity contribution in [3.63, 3.8) is 0 Å². The number of ketones is 1. The lowest BCUT2D eigenvalue weighted by molar-refractivity contribution is 0.0624. The van der Waals surface area contributed by atoms with Crippen molar-refractivity contribution in [3.05, 3.63) is 69.2 Å². The predicted octanol–water partition coefficient (Wildman–Crippen LogP) is 3.47. The highest BCUT2D eigenvalue weighted by Gasteiger charge is 2.36. The van der Waals surface area contributed by atoms with Gasteiger partial charge in [-0.3, -0.25) is 19.3 Å². The molecule has 0 N–H and O–H groups in total. The molecule has 2 aromatic rings. The first kappa shape index (κ1) is 14.8. The summed E-state index contributed by atoms with van der Waals surface area (Å²) in [4.78, 5) is 37.7. The second-order valence-corrected chi connectivity index (χ2v) is 5.63. The monoisotopic (exact) mass is 333 g/mol. The topological polar surface area (TPSA) is 54.5 Å². The number of halogens is 2. The van der Waals surface area contributed by atoms with Gasteiger partial charge >= 0.3 is 0 Å². The molecule has 1 aliphatic heterocycles. The lowest BCUT2D eigenvalue weighted by Crippen LogP contribution is -2.35. The summed E-state index contributed by atoms with van der Waals surface area (Å²) in [5, 5.41) is 0.584. The van der Waals surface area contributed by atoms with Crippen LogP contribution in [-0.2, 0) is 0 Å². The van der Waals surface area contributed by atoms with Gasteiger partial charge in [-0.2, -0.15) is 0 Å².